The van der Waals surface area contributed by atoms with Gasteiger partial charge in [-0.3, -0.25) is 15.0 Å². The second-order valence-corrected chi connectivity index (χ2v) is 7.02. The van der Waals surface area contributed by atoms with Crippen molar-refractivity contribution in [3.63, 3.8) is 0 Å². The molecular weight excluding hydrogens is 375 g/mol. The summed E-state index contributed by atoms with van der Waals surface area (Å²) in [6, 6.07) is 8.38. The largest absolute Gasteiger partial charge is 0.481 e. The molecule has 0 aliphatic heterocycles. The summed E-state index contributed by atoms with van der Waals surface area (Å²) in [6.45, 7) is 0. The highest BCUT2D eigenvalue weighted by molar-refractivity contribution is 7.89. The van der Waals surface area contributed by atoms with Crippen LogP contribution >= 0.6 is 11.6 Å². The van der Waals surface area contributed by atoms with Crippen LogP contribution in [0.15, 0.2) is 47.4 Å². The molecule has 1 amide bonds. The number of aliphatic carboxylic acids is 1. The van der Waals surface area contributed by atoms with Gasteiger partial charge in [-0.25, -0.2) is 12.8 Å². The number of hydrogen-bond donors (Lipinski definition) is 3. The Hall–Kier alpha value is -2.49. The van der Waals surface area contributed by atoms with Gasteiger partial charge in [0.1, 0.15) is 5.82 Å². The van der Waals surface area contributed by atoms with E-state index in [9.17, 15) is 22.4 Å². The van der Waals surface area contributed by atoms with Crippen molar-refractivity contribution in [2.75, 3.05) is 0 Å². The number of carbonyl (C=O) groups excluding carboxylic acids is 1. The monoisotopic (exact) mass is 386 g/mol. The normalized spacial score (nSPS) is 11.1. The number of amides is 1. The molecule has 0 unspecified atom stereocenters. The third-order valence-corrected chi connectivity index (χ3v) is 4.56. The van der Waals surface area contributed by atoms with Gasteiger partial charge >= 0.3 is 5.97 Å². The zero-order chi connectivity index (χ0) is 18.6. The highest BCUT2D eigenvalue weighted by Gasteiger charge is 2.18. The average molecular weight is 387 g/mol. The number of hydrogen-bond acceptors (Lipinski definition) is 4. The van der Waals surface area contributed by atoms with Crippen LogP contribution in [0.25, 0.3) is 0 Å². The quantitative estimate of drug-likeness (QED) is 0.654. The van der Waals surface area contributed by atoms with Crippen LogP contribution in [0.4, 0.5) is 4.39 Å². The van der Waals surface area contributed by atoms with Crippen molar-refractivity contribution < 1.29 is 27.5 Å². The smallest absolute Gasteiger partial charge is 0.307 e. The number of carboxylic acids is 1. The standard InChI is InChI=1S/C15H12ClFN2O5S/c16-10-3-6-12(13(17)8-10)15(22)18-19-25(23,24)11-4-1-9(2-5-11)7-14(20)21/h1-6,8,19H,7H2,(H,18,22)(H,20,21). The molecule has 0 saturated carbocycles. The summed E-state index contributed by atoms with van der Waals surface area (Å²) >= 11 is 5.58. The van der Waals surface area contributed by atoms with Crippen molar-refractivity contribution in [2.24, 2.45) is 0 Å². The Morgan fingerprint density at radius 3 is 2.32 bits per heavy atom. The summed E-state index contributed by atoms with van der Waals surface area (Å²) in [6.07, 6.45) is -0.250. The van der Waals surface area contributed by atoms with Gasteiger partial charge in [-0.2, -0.15) is 0 Å². The zero-order valence-electron chi connectivity index (χ0n) is 12.5. The zero-order valence-corrected chi connectivity index (χ0v) is 14.1. The fourth-order valence-electron chi connectivity index (χ4n) is 1.87. The van der Waals surface area contributed by atoms with E-state index in [1.165, 1.54) is 30.3 Å². The molecule has 3 N–H and O–H groups in total. The molecular formula is C15H12ClFN2O5S. The minimum absolute atomic E-state index is 0.0936. The lowest BCUT2D eigenvalue weighted by Gasteiger charge is -2.09. The molecule has 10 heteroatoms. The van der Waals surface area contributed by atoms with Crippen molar-refractivity contribution in [1.29, 1.82) is 0 Å². The first-order chi connectivity index (χ1) is 11.7. The molecule has 0 atom stereocenters. The van der Waals surface area contributed by atoms with Gasteiger partial charge in [0, 0.05) is 5.02 Å². The van der Waals surface area contributed by atoms with Gasteiger partial charge in [0.05, 0.1) is 16.9 Å². The fourth-order valence-corrected chi connectivity index (χ4v) is 2.87. The van der Waals surface area contributed by atoms with Crippen LogP contribution in [0.3, 0.4) is 0 Å². The first kappa shape index (κ1) is 18.8. The number of halogens is 2. The Morgan fingerprint density at radius 2 is 1.76 bits per heavy atom. The van der Waals surface area contributed by atoms with E-state index in [0.717, 1.165) is 12.1 Å². The van der Waals surface area contributed by atoms with Gasteiger partial charge in [0.25, 0.3) is 15.9 Å². The number of nitrogens with one attached hydrogen (secondary N) is 2. The number of hydrazine groups is 1. The molecule has 2 aromatic rings. The molecule has 0 aliphatic carbocycles. The predicted molar refractivity (Wildman–Crippen MR) is 87.0 cm³/mol. The predicted octanol–water partition coefficient (Wildman–Crippen LogP) is 1.73. The van der Waals surface area contributed by atoms with Crippen molar-refractivity contribution >= 4 is 33.5 Å². The van der Waals surface area contributed by atoms with Crippen molar-refractivity contribution in [3.8, 4) is 0 Å². The van der Waals surface area contributed by atoms with Crippen molar-refractivity contribution in [1.82, 2.24) is 10.3 Å². The molecule has 0 radical (unpaired) electrons. The molecule has 0 saturated heterocycles. The number of benzene rings is 2. The van der Waals surface area contributed by atoms with Crippen LogP contribution in [0.1, 0.15) is 15.9 Å². The summed E-state index contributed by atoms with van der Waals surface area (Å²) in [5.74, 6) is -2.95. The van der Waals surface area contributed by atoms with Gasteiger partial charge in [0.2, 0.25) is 0 Å². The van der Waals surface area contributed by atoms with Crippen LogP contribution in [0, 0.1) is 5.82 Å². The summed E-state index contributed by atoms with van der Waals surface area (Å²) in [5, 5.41) is 8.77. The molecule has 2 aromatic carbocycles. The summed E-state index contributed by atoms with van der Waals surface area (Å²) in [5.41, 5.74) is 1.92. The van der Waals surface area contributed by atoms with Crippen LogP contribution in [0.2, 0.25) is 5.02 Å². The molecule has 2 rings (SSSR count). The second kappa shape index (κ2) is 7.60. The lowest BCUT2D eigenvalue weighted by atomic mass is 10.2. The molecule has 7 nitrogen and oxygen atoms in total. The van der Waals surface area contributed by atoms with Gasteiger partial charge in [-0.05, 0) is 35.9 Å². The van der Waals surface area contributed by atoms with E-state index in [1.54, 1.807) is 0 Å². The number of carboxylic acid groups (broad SMARTS) is 1. The van der Waals surface area contributed by atoms with E-state index in [0.29, 0.717) is 5.56 Å². The Bertz CT molecular complexity index is 916. The van der Waals surface area contributed by atoms with E-state index in [-0.39, 0.29) is 21.9 Å². The highest BCUT2D eigenvalue weighted by atomic mass is 35.5. The SMILES string of the molecule is O=C(O)Cc1ccc(S(=O)(=O)NNC(=O)c2ccc(Cl)cc2F)cc1. The van der Waals surface area contributed by atoms with Crippen LogP contribution in [-0.4, -0.2) is 25.4 Å². The van der Waals surface area contributed by atoms with Crippen molar-refractivity contribution in [3.05, 3.63) is 64.4 Å². The van der Waals surface area contributed by atoms with Gasteiger partial charge in [0.15, 0.2) is 0 Å². The van der Waals surface area contributed by atoms with Gasteiger partial charge in [-0.15, -0.1) is 4.83 Å². The maximum absolute atomic E-state index is 13.6. The first-order valence-corrected chi connectivity index (χ1v) is 8.63. The summed E-state index contributed by atoms with van der Waals surface area (Å²) in [4.78, 5) is 24.1. The van der Waals surface area contributed by atoms with Crippen LogP contribution in [-0.2, 0) is 21.2 Å². The second-order valence-electron chi connectivity index (χ2n) is 4.90. The van der Waals surface area contributed by atoms with Gasteiger partial charge < -0.3 is 5.11 Å². The Kier molecular flexibility index (Phi) is 5.73. The third kappa shape index (κ3) is 4.99. The highest BCUT2D eigenvalue weighted by Crippen LogP contribution is 2.15. The molecule has 0 bridgehead atoms. The molecule has 0 fully saturated rings. The summed E-state index contributed by atoms with van der Waals surface area (Å²) in [7, 11) is -4.11. The van der Waals surface area contributed by atoms with Crippen LogP contribution < -0.4 is 10.3 Å². The van der Waals surface area contributed by atoms with E-state index >= 15 is 0 Å². The maximum Gasteiger partial charge on any atom is 0.307 e. The Morgan fingerprint density at radius 1 is 1.12 bits per heavy atom. The molecule has 0 heterocycles. The Balaban J connectivity index is 2.08. The number of rotatable bonds is 6. The molecule has 0 spiro atoms. The first-order valence-electron chi connectivity index (χ1n) is 6.77. The third-order valence-electron chi connectivity index (χ3n) is 3.06. The maximum atomic E-state index is 13.6. The van der Waals surface area contributed by atoms with E-state index in [1.807, 2.05) is 10.3 Å². The molecule has 25 heavy (non-hydrogen) atoms. The Labute approximate surface area is 147 Å². The van der Waals surface area contributed by atoms with E-state index in [2.05, 4.69) is 0 Å². The van der Waals surface area contributed by atoms with Crippen molar-refractivity contribution in [2.45, 2.75) is 11.3 Å². The minimum atomic E-state index is -4.11. The number of sulfonamides is 1. The molecule has 132 valence electrons. The van der Waals surface area contributed by atoms with E-state index in [4.69, 9.17) is 16.7 Å². The topological polar surface area (TPSA) is 113 Å². The minimum Gasteiger partial charge on any atom is -0.481 e. The van der Waals surface area contributed by atoms with E-state index < -0.39 is 27.7 Å². The van der Waals surface area contributed by atoms with Gasteiger partial charge in [-0.1, -0.05) is 23.7 Å². The average Bonchev–Trinajstić information content (AvgIpc) is 2.52. The lowest BCUT2D eigenvalue weighted by molar-refractivity contribution is -0.136. The lowest BCUT2D eigenvalue weighted by Crippen LogP contribution is -2.41. The fraction of sp³-hybridized carbons (Fsp3) is 0.0667. The number of carbonyl (C=O) groups is 2. The molecule has 0 aliphatic rings. The molecule has 0 aromatic heterocycles. The summed E-state index contributed by atoms with van der Waals surface area (Å²) < 4.78 is 37.8. The van der Waals surface area contributed by atoms with Crippen LogP contribution in [0.5, 0.6) is 0 Å².